The van der Waals surface area contributed by atoms with Crippen LogP contribution in [0.1, 0.15) is 44.0 Å². The molecule has 2 aromatic rings. The highest BCUT2D eigenvalue weighted by Gasteiger charge is 2.25. The molecule has 0 aliphatic heterocycles. The third kappa shape index (κ3) is 3.67. The molecule has 104 valence electrons. The summed E-state index contributed by atoms with van der Waals surface area (Å²) in [5, 5.41) is 12.9. The molecule has 0 spiro atoms. The largest absolute Gasteiger partial charge is 0.339 e. The lowest BCUT2D eigenvalue weighted by Gasteiger charge is -2.22. The van der Waals surface area contributed by atoms with Crippen LogP contribution in [0.4, 0.5) is 0 Å². The van der Waals surface area contributed by atoms with Crippen molar-refractivity contribution in [1.29, 1.82) is 5.26 Å². The van der Waals surface area contributed by atoms with E-state index in [4.69, 9.17) is 9.78 Å². The molecule has 1 heterocycles. The molecule has 0 fully saturated rings. The first-order chi connectivity index (χ1) is 9.65. The quantitative estimate of drug-likeness (QED) is 0.804. The average molecular weight is 269 g/mol. The second-order valence-electron chi connectivity index (χ2n) is 5.44. The summed E-state index contributed by atoms with van der Waals surface area (Å²) in [4.78, 5) is 4.43. The predicted molar refractivity (Wildman–Crippen MR) is 75.9 cm³/mol. The van der Waals surface area contributed by atoms with Crippen LogP contribution >= 0.6 is 0 Å². The Balaban J connectivity index is 2.04. The molecule has 4 nitrogen and oxygen atoms in total. The number of aromatic nitrogens is 2. The van der Waals surface area contributed by atoms with E-state index in [-0.39, 0.29) is 5.41 Å². The third-order valence-corrected chi connectivity index (χ3v) is 3.65. The van der Waals surface area contributed by atoms with Gasteiger partial charge in [0.25, 0.3) is 0 Å². The van der Waals surface area contributed by atoms with Crippen molar-refractivity contribution in [3.8, 4) is 6.07 Å². The minimum absolute atomic E-state index is 0.0920. The smallest absolute Gasteiger partial charge is 0.227 e. The first-order valence-corrected chi connectivity index (χ1v) is 6.87. The zero-order valence-corrected chi connectivity index (χ0v) is 12.0. The fourth-order valence-electron chi connectivity index (χ4n) is 2.08. The van der Waals surface area contributed by atoms with Crippen LogP contribution in [0.15, 0.2) is 34.9 Å². The maximum atomic E-state index is 8.89. The van der Waals surface area contributed by atoms with Crippen molar-refractivity contribution in [2.24, 2.45) is 5.41 Å². The number of nitriles is 1. The van der Waals surface area contributed by atoms with Gasteiger partial charge in [0.1, 0.15) is 0 Å². The number of nitrogens with zero attached hydrogens (tertiary/aromatic N) is 3. The summed E-state index contributed by atoms with van der Waals surface area (Å²) >= 11 is 0. The van der Waals surface area contributed by atoms with Crippen molar-refractivity contribution in [3.63, 3.8) is 0 Å². The third-order valence-electron chi connectivity index (χ3n) is 3.65. The summed E-state index contributed by atoms with van der Waals surface area (Å²) < 4.78 is 5.31. The van der Waals surface area contributed by atoms with Gasteiger partial charge in [-0.25, -0.2) is 0 Å². The van der Waals surface area contributed by atoms with Gasteiger partial charge < -0.3 is 4.52 Å². The fraction of sp³-hybridized carbons (Fsp3) is 0.438. The van der Waals surface area contributed by atoms with Gasteiger partial charge in [0.2, 0.25) is 5.89 Å². The second kappa shape index (κ2) is 6.33. The van der Waals surface area contributed by atoms with Gasteiger partial charge in [-0.2, -0.15) is 10.2 Å². The van der Waals surface area contributed by atoms with Crippen LogP contribution in [-0.2, 0) is 12.8 Å². The molecule has 20 heavy (non-hydrogen) atoms. The Labute approximate surface area is 119 Å². The van der Waals surface area contributed by atoms with E-state index in [0.29, 0.717) is 31.0 Å². The van der Waals surface area contributed by atoms with Crippen molar-refractivity contribution in [2.75, 3.05) is 0 Å². The van der Waals surface area contributed by atoms with Crippen LogP contribution in [0, 0.1) is 16.7 Å². The molecule has 0 bridgehead atoms. The first-order valence-electron chi connectivity index (χ1n) is 6.87. The van der Waals surface area contributed by atoms with Crippen LogP contribution in [0.2, 0.25) is 0 Å². The molecule has 1 aromatic heterocycles. The summed E-state index contributed by atoms with van der Waals surface area (Å²) in [7, 11) is 0. The molecule has 0 aliphatic carbocycles. The van der Waals surface area contributed by atoms with Crippen molar-refractivity contribution in [1.82, 2.24) is 10.1 Å². The van der Waals surface area contributed by atoms with Crippen LogP contribution < -0.4 is 0 Å². The highest BCUT2D eigenvalue weighted by Crippen LogP contribution is 2.29. The molecule has 1 aromatic carbocycles. The Bertz CT molecular complexity index is 585. The topological polar surface area (TPSA) is 62.7 Å². The first kappa shape index (κ1) is 14.3. The summed E-state index contributed by atoms with van der Waals surface area (Å²) in [6, 6.07) is 12.3. The zero-order chi connectivity index (χ0) is 14.4. The summed E-state index contributed by atoms with van der Waals surface area (Å²) in [6.07, 6.45) is 2.74. The molecule has 1 unspecified atom stereocenters. The summed E-state index contributed by atoms with van der Waals surface area (Å²) in [5.74, 6) is 1.32. The van der Waals surface area contributed by atoms with E-state index in [9.17, 15) is 0 Å². The minimum Gasteiger partial charge on any atom is -0.339 e. The predicted octanol–water partition coefficient (Wildman–Crippen LogP) is 3.53. The molecule has 0 amide bonds. The highest BCUT2D eigenvalue weighted by atomic mass is 16.5. The fourth-order valence-corrected chi connectivity index (χ4v) is 2.08. The molecule has 0 N–H and O–H groups in total. The van der Waals surface area contributed by atoms with E-state index >= 15 is 0 Å². The van der Waals surface area contributed by atoms with Gasteiger partial charge in [-0.3, -0.25) is 0 Å². The standard InChI is InChI=1S/C16H19N3O/c1-3-16(2,9-10-17)12-15-18-14(19-20-15)11-13-7-5-4-6-8-13/h4-8H,3,9,11-12H2,1-2H3. The Morgan fingerprint density at radius 2 is 2.05 bits per heavy atom. The van der Waals surface area contributed by atoms with Gasteiger partial charge in [0, 0.05) is 19.3 Å². The van der Waals surface area contributed by atoms with Gasteiger partial charge in [0.15, 0.2) is 5.82 Å². The Kier molecular flexibility index (Phi) is 4.52. The van der Waals surface area contributed by atoms with Crippen LogP contribution in [0.25, 0.3) is 0 Å². The van der Waals surface area contributed by atoms with Crippen LogP contribution in [0.5, 0.6) is 0 Å². The Morgan fingerprint density at radius 1 is 1.30 bits per heavy atom. The second-order valence-corrected chi connectivity index (χ2v) is 5.44. The van der Waals surface area contributed by atoms with E-state index in [0.717, 1.165) is 12.0 Å². The number of rotatable bonds is 6. The van der Waals surface area contributed by atoms with E-state index < -0.39 is 0 Å². The lowest BCUT2D eigenvalue weighted by atomic mass is 9.81. The normalized spacial score (nSPS) is 13.7. The molecule has 4 heteroatoms. The van der Waals surface area contributed by atoms with Gasteiger partial charge in [0.05, 0.1) is 6.07 Å². The monoisotopic (exact) mass is 269 g/mol. The molecule has 0 aliphatic rings. The molecule has 0 saturated heterocycles. The maximum Gasteiger partial charge on any atom is 0.227 e. The number of hydrogen-bond donors (Lipinski definition) is 0. The maximum absolute atomic E-state index is 8.89. The van der Waals surface area contributed by atoms with E-state index in [1.165, 1.54) is 0 Å². The molecule has 2 rings (SSSR count). The van der Waals surface area contributed by atoms with Gasteiger partial charge in [-0.1, -0.05) is 49.3 Å². The summed E-state index contributed by atoms with van der Waals surface area (Å²) in [5.41, 5.74) is 1.07. The van der Waals surface area contributed by atoms with Gasteiger partial charge in [-0.05, 0) is 17.4 Å². The lowest BCUT2D eigenvalue weighted by Crippen LogP contribution is -2.18. The van der Waals surface area contributed by atoms with Gasteiger partial charge >= 0.3 is 0 Å². The van der Waals surface area contributed by atoms with E-state index in [2.05, 4.69) is 30.1 Å². The molecular formula is C16H19N3O. The average Bonchev–Trinajstić information content (AvgIpc) is 2.87. The number of benzene rings is 1. The molecule has 0 radical (unpaired) electrons. The molecule has 0 saturated carbocycles. The van der Waals surface area contributed by atoms with Gasteiger partial charge in [-0.15, -0.1) is 0 Å². The van der Waals surface area contributed by atoms with Crippen molar-refractivity contribution in [2.45, 2.75) is 39.5 Å². The Hall–Kier alpha value is -2.15. The highest BCUT2D eigenvalue weighted by molar-refractivity contribution is 5.18. The molecule has 1 atom stereocenters. The van der Waals surface area contributed by atoms with Crippen molar-refractivity contribution in [3.05, 3.63) is 47.6 Å². The Morgan fingerprint density at radius 3 is 2.70 bits per heavy atom. The van der Waals surface area contributed by atoms with Crippen molar-refractivity contribution >= 4 is 0 Å². The lowest BCUT2D eigenvalue weighted by molar-refractivity contribution is 0.265. The minimum atomic E-state index is -0.0920. The zero-order valence-electron chi connectivity index (χ0n) is 12.0. The summed E-state index contributed by atoms with van der Waals surface area (Å²) in [6.45, 7) is 4.16. The van der Waals surface area contributed by atoms with Crippen LogP contribution in [0.3, 0.4) is 0 Å². The van der Waals surface area contributed by atoms with E-state index in [1.54, 1.807) is 0 Å². The molecular weight excluding hydrogens is 250 g/mol. The SMILES string of the molecule is CCC(C)(CC#N)Cc1nc(Cc2ccccc2)no1. The van der Waals surface area contributed by atoms with Crippen molar-refractivity contribution < 1.29 is 4.52 Å². The number of hydrogen-bond acceptors (Lipinski definition) is 4. The van der Waals surface area contributed by atoms with E-state index in [1.807, 2.05) is 30.3 Å². The van der Waals surface area contributed by atoms with Crippen LogP contribution in [-0.4, -0.2) is 10.1 Å².